The molecule has 0 amide bonds. The normalized spacial score (nSPS) is 10.2. The summed E-state index contributed by atoms with van der Waals surface area (Å²) in [5, 5.41) is 0. The van der Waals surface area contributed by atoms with Gasteiger partial charge in [0, 0.05) is 10.0 Å². The Balaban J connectivity index is 3.28. The molecule has 0 saturated heterocycles. The van der Waals surface area contributed by atoms with Crippen LogP contribution in [0.2, 0.25) is 0 Å². The molecule has 70 valence electrons. The van der Waals surface area contributed by atoms with Crippen LogP contribution in [0.15, 0.2) is 16.6 Å². The Kier molecular flexibility index (Phi) is 3.51. The molecule has 1 aromatic carbocycles. The van der Waals surface area contributed by atoms with Gasteiger partial charge in [-0.1, -0.05) is 11.6 Å². The topological polar surface area (TPSA) is 17.1 Å². The van der Waals surface area contributed by atoms with E-state index in [4.69, 9.17) is 11.6 Å². The maximum Gasteiger partial charge on any atom is 0.178 e. The van der Waals surface area contributed by atoms with Crippen molar-refractivity contribution < 1.29 is 4.79 Å². The molecular weight excluding hydrogens is 251 g/mol. The fourth-order valence-electron chi connectivity index (χ4n) is 1.22. The largest absolute Gasteiger partial charge is 0.293 e. The van der Waals surface area contributed by atoms with Gasteiger partial charge in [0.2, 0.25) is 0 Å². The molecule has 0 atom stereocenters. The predicted molar refractivity (Wildman–Crippen MR) is 58.7 cm³/mol. The van der Waals surface area contributed by atoms with Crippen LogP contribution in [0.4, 0.5) is 0 Å². The van der Waals surface area contributed by atoms with Gasteiger partial charge < -0.3 is 0 Å². The maximum absolute atomic E-state index is 11.4. The highest BCUT2D eigenvalue weighted by Gasteiger charge is 2.10. The molecule has 0 heterocycles. The third kappa shape index (κ3) is 2.32. The van der Waals surface area contributed by atoms with E-state index >= 15 is 0 Å². The molecule has 1 rings (SSSR count). The summed E-state index contributed by atoms with van der Waals surface area (Å²) >= 11 is 8.87. The van der Waals surface area contributed by atoms with Gasteiger partial charge in [-0.15, -0.1) is 11.6 Å². The van der Waals surface area contributed by atoms with Crippen LogP contribution in [-0.4, -0.2) is 11.7 Å². The second kappa shape index (κ2) is 4.25. The highest BCUT2D eigenvalue weighted by molar-refractivity contribution is 9.10. The fraction of sp³-hybridized carbons (Fsp3) is 0.300. The smallest absolute Gasteiger partial charge is 0.178 e. The van der Waals surface area contributed by atoms with Crippen molar-refractivity contribution in [2.75, 3.05) is 5.88 Å². The first kappa shape index (κ1) is 10.7. The van der Waals surface area contributed by atoms with Crippen LogP contribution in [0.5, 0.6) is 0 Å². The van der Waals surface area contributed by atoms with Crippen molar-refractivity contribution in [2.24, 2.45) is 0 Å². The number of Topliss-reactive ketones (excluding diaryl/α,β-unsaturated/α-hetero) is 1. The maximum atomic E-state index is 11.4. The number of aryl methyl sites for hydroxylation is 2. The van der Waals surface area contributed by atoms with E-state index < -0.39 is 0 Å². The van der Waals surface area contributed by atoms with Crippen LogP contribution in [-0.2, 0) is 0 Å². The van der Waals surface area contributed by atoms with Gasteiger partial charge in [0.15, 0.2) is 5.78 Å². The first-order chi connectivity index (χ1) is 6.06. The second-order valence-electron chi connectivity index (χ2n) is 3.00. The number of alkyl halides is 1. The third-order valence-electron chi connectivity index (χ3n) is 1.82. The molecule has 3 heteroatoms. The molecule has 0 aliphatic rings. The molecule has 0 aliphatic carbocycles. The Labute approximate surface area is 91.2 Å². The van der Waals surface area contributed by atoms with Crippen molar-refractivity contribution >= 4 is 33.3 Å². The Morgan fingerprint density at radius 1 is 1.46 bits per heavy atom. The van der Waals surface area contributed by atoms with Crippen molar-refractivity contribution in [3.05, 3.63) is 33.3 Å². The number of halogens is 2. The number of carbonyl (C=O) groups is 1. The molecule has 0 fully saturated rings. The second-order valence-corrected chi connectivity index (χ2v) is 4.06. The third-order valence-corrected chi connectivity index (χ3v) is 3.12. The van der Waals surface area contributed by atoms with Gasteiger partial charge >= 0.3 is 0 Å². The van der Waals surface area contributed by atoms with Crippen LogP contribution in [0.1, 0.15) is 21.5 Å². The van der Waals surface area contributed by atoms with E-state index in [1.165, 1.54) is 0 Å². The molecule has 0 saturated carbocycles. The van der Waals surface area contributed by atoms with Gasteiger partial charge in [-0.25, -0.2) is 0 Å². The Morgan fingerprint density at radius 3 is 2.62 bits per heavy atom. The van der Waals surface area contributed by atoms with Gasteiger partial charge in [0.05, 0.1) is 5.88 Å². The molecule has 0 N–H and O–H groups in total. The van der Waals surface area contributed by atoms with E-state index in [2.05, 4.69) is 15.9 Å². The van der Waals surface area contributed by atoms with Crippen LogP contribution < -0.4 is 0 Å². The van der Waals surface area contributed by atoms with Gasteiger partial charge in [-0.05, 0) is 41.4 Å². The Morgan fingerprint density at radius 2 is 2.08 bits per heavy atom. The average Bonchev–Trinajstić information content (AvgIpc) is 2.10. The minimum absolute atomic E-state index is 0.0293. The van der Waals surface area contributed by atoms with E-state index in [1.54, 1.807) is 0 Å². The van der Waals surface area contributed by atoms with Crippen LogP contribution >= 0.6 is 27.5 Å². The minimum Gasteiger partial charge on any atom is -0.293 e. The first-order valence-corrected chi connectivity index (χ1v) is 5.25. The zero-order valence-corrected chi connectivity index (χ0v) is 9.87. The Hall–Kier alpha value is -0.340. The number of ketones is 1. The average molecular weight is 262 g/mol. The number of benzene rings is 1. The van der Waals surface area contributed by atoms with E-state index in [1.807, 2.05) is 26.0 Å². The zero-order chi connectivity index (χ0) is 10.0. The summed E-state index contributed by atoms with van der Waals surface area (Å²) in [4.78, 5) is 11.4. The quantitative estimate of drug-likeness (QED) is 0.588. The first-order valence-electron chi connectivity index (χ1n) is 3.92. The van der Waals surface area contributed by atoms with Crippen molar-refractivity contribution in [1.82, 2.24) is 0 Å². The summed E-state index contributed by atoms with van der Waals surface area (Å²) < 4.78 is 0.851. The molecule has 0 bridgehead atoms. The Bertz CT molecular complexity index is 347. The van der Waals surface area contributed by atoms with Crippen molar-refractivity contribution in [2.45, 2.75) is 13.8 Å². The monoisotopic (exact) mass is 260 g/mol. The number of carbonyl (C=O) groups excluding carboxylic acids is 1. The van der Waals surface area contributed by atoms with Crippen molar-refractivity contribution in [1.29, 1.82) is 0 Å². The van der Waals surface area contributed by atoms with E-state index in [0.717, 1.165) is 15.6 Å². The SMILES string of the molecule is Cc1cc(C)c(Br)c(C(=O)CCl)c1. The molecule has 1 aromatic rings. The summed E-state index contributed by atoms with van der Waals surface area (Å²) in [5.74, 6) is -0.0121. The lowest BCUT2D eigenvalue weighted by atomic mass is 10.1. The van der Waals surface area contributed by atoms with Gasteiger partial charge in [0.1, 0.15) is 0 Å². The predicted octanol–water partition coefficient (Wildman–Crippen LogP) is 3.49. The highest BCUT2D eigenvalue weighted by atomic mass is 79.9. The summed E-state index contributed by atoms with van der Waals surface area (Å²) in [5.41, 5.74) is 2.81. The fourth-order valence-corrected chi connectivity index (χ4v) is 1.82. The number of rotatable bonds is 2. The molecule has 0 radical (unpaired) electrons. The highest BCUT2D eigenvalue weighted by Crippen LogP contribution is 2.23. The summed E-state index contributed by atoms with van der Waals surface area (Å²) in [6, 6.07) is 3.87. The molecule has 0 aromatic heterocycles. The lowest BCUT2D eigenvalue weighted by molar-refractivity contribution is 0.102. The van der Waals surface area contributed by atoms with Gasteiger partial charge in [0.25, 0.3) is 0 Å². The minimum atomic E-state index is -0.0414. The summed E-state index contributed by atoms with van der Waals surface area (Å²) in [6.07, 6.45) is 0. The standard InChI is InChI=1S/C10H10BrClO/c1-6-3-7(2)10(11)8(4-6)9(13)5-12/h3-4H,5H2,1-2H3. The number of hydrogen-bond acceptors (Lipinski definition) is 1. The zero-order valence-electron chi connectivity index (χ0n) is 7.53. The molecule has 13 heavy (non-hydrogen) atoms. The molecule has 0 unspecified atom stereocenters. The number of hydrogen-bond donors (Lipinski definition) is 0. The molecule has 1 nitrogen and oxygen atoms in total. The van der Waals surface area contributed by atoms with Crippen LogP contribution in [0.25, 0.3) is 0 Å². The van der Waals surface area contributed by atoms with Crippen LogP contribution in [0, 0.1) is 13.8 Å². The van der Waals surface area contributed by atoms with Crippen molar-refractivity contribution in [3.8, 4) is 0 Å². The van der Waals surface area contributed by atoms with Crippen molar-refractivity contribution in [3.63, 3.8) is 0 Å². The summed E-state index contributed by atoms with van der Waals surface area (Å²) in [6.45, 7) is 3.92. The molecular formula is C10H10BrClO. The van der Waals surface area contributed by atoms with E-state index in [9.17, 15) is 4.79 Å². The van der Waals surface area contributed by atoms with E-state index in [0.29, 0.717) is 5.56 Å². The van der Waals surface area contributed by atoms with Crippen LogP contribution in [0.3, 0.4) is 0 Å². The lowest BCUT2D eigenvalue weighted by Crippen LogP contribution is -2.03. The van der Waals surface area contributed by atoms with Gasteiger partial charge in [-0.3, -0.25) is 4.79 Å². The molecule has 0 aliphatic heterocycles. The summed E-state index contributed by atoms with van der Waals surface area (Å²) in [7, 11) is 0. The lowest BCUT2D eigenvalue weighted by Gasteiger charge is -2.06. The van der Waals surface area contributed by atoms with E-state index in [-0.39, 0.29) is 11.7 Å². The van der Waals surface area contributed by atoms with Gasteiger partial charge in [-0.2, -0.15) is 0 Å². The molecule has 0 spiro atoms.